The average molecular weight is 163 g/mol. The summed E-state index contributed by atoms with van der Waals surface area (Å²) in [6.45, 7) is 5.70. The molecular weight excluding hydrogens is 148 g/mol. The highest BCUT2D eigenvalue weighted by Gasteiger charge is 2.05. The molecule has 60 valence electrons. The molecule has 1 N–H and O–H groups in total. The smallest absolute Gasteiger partial charge is 0.0351 e. The first-order chi connectivity index (χ1) is 4.93. The van der Waals surface area contributed by atoms with Gasteiger partial charge in [0.05, 0.1) is 0 Å². The molecule has 2 nitrogen and oxygen atoms in total. The van der Waals surface area contributed by atoms with Crippen molar-refractivity contribution in [1.82, 2.24) is 10.2 Å². The van der Waals surface area contributed by atoms with Crippen molar-refractivity contribution >= 4 is 11.6 Å². The minimum Gasteiger partial charge on any atom is -0.315 e. The fraction of sp³-hybridized carbons (Fsp3) is 1.00. The molecule has 0 aromatic rings. The Morgan fingerprint density at radius 2 is 2.20 bits per heavy atom. The highest BCUT2D eigenvalue weighted by Crippen LogP contribution is 1.94. The van der Waals surface area contributed by atoms with E-state index in [2.05, 4.69) is 10.2 Å². The van der Waals surface area contributed by atoms with Crippen LogP contribution in [0.2, 0.25) is 0 Å². The zero-order valence-electron chi connectivity index (χ0n) is 6.27. The predicted octanol–water partition coefficient (Wildman–Crippen LogP) is 0.520. The molecule has 0 aromatic carbocycles. The fourth-order valence-corrected chi connectivity index (χ4v) is 1.48. The third-order valence-electron chi connectivity index (χ3n) is 1.83. The Balaban J connectivity index is 2.15. The van der Waals surface area contributed by atoms with E-state index in [0.717, 1.165) is 25.5 Å². The molecule has 0 radical (unpaired) electrons. The van der Waals surface area contributed by atoms with Gasteiger partial charge in [0.25, 0.3) is 0 Å². The van der Waals surface area contributed by atoms with Crippen molar-refractivity contribution in [3.05, 3.63) is 0 Å². The van der Waals surface area contributed by atoms with E-state index in [-0.39, 0.29) is 0 Å². The van der Waals surface area contributed by atoms with Crippen molar-refractivity contribution < 1.29 is 0 Å². The van der Waals surface area contributed by atoms with Crippen molar-refractivity contribution in [1.29, 1.82) is 0 Å². The summed E-state index contributed by atoms with van der Waals surface area (Å²) in [6, 6.07) is 0. The van der Waals surface area contributed by atoms with Crippen molar-refractivity contribution in [3.63, 3.8) is 0 Å². The predicted molar refractivity (Wildman–Crippen MR) is 44.6 cm³/mol. The van der Waals surface area contributed by atoms with Crippen molar-refractivity contribution in [2.45, 2.75) is 6.42 Å². The Kier molecular flexibility index (Phi) is 4.10. The van der Waals surface area contributed by atoms with Crippen LogP contribution in [0.25, 0.3) is 0 Å². The van der Waals surface area contributed by atoms with E-state index in [4.69, 9.17) is 11.6 Å². The van der Waals surface area contributed by atoms with E-state index in [1.165, 1.54) is 19.5 Å². The molecule has 0 saturated carbocycles. The summed E-state index contributed by atoms with van der Waals surface area (Å²) in [7, 11) is 0. The Hall–Kier alpha value is 0.210. The number of rotatable bonds is 2. The van der Waals surface area contributed by atoms with Crippen LogP contribution in [0.1, 0.15) is 6.42 Å². The topological polar surface area (TPSA) is 15.3 Å². The molecule has 10 heavy (non-hydrogen) atoms. The maximum Gasteiger partial charge on any atom is 0.0351 e. The van der Waals surface area contributed by atoms with E-state index in [1.807, 2.05) is 0 Å². The van der Waals surface area contributed by atoms with Crippen LogP contribution >= 0.6 is 11.6 Å². The van der Waals surface area contributed by atoms with Crippen LogP contribution in [0, 0.1) is 0 Å². The van der Waals surface area contributed by atoms with Gasteiger partial charge < -0.3 is 10.2 Å². The molecule has 1 fully saturated rings. The summed E-state index contributed by atoms with van der Waals surface area (Å²) in [5, 5.41) is 3.35. The number of hydrogen-bond donors (Lipinski definition) is 1. The van der Waals surface area contributed by atoms with Gasteiger partial charge >= 0.3 is 0 Å². The van der Waals surface area contributed by atoms with Crippen LogP contribution in [0.3, 0.4) is 0 Å². The van der Waals surface area contributed by atoms with Gasteiger partial charge in [0.1, 0.15) is 0 Å². The van der Waals surface area contributed by atoms with Gasteiger partial charge in [-0.25, -0.2) is 0 Å². The second-order valence-corrected chi connectivity index (χ2v) is 3.01. The van der Waals surface area contributed by atoms with Crippen LogP contribution in [0.15, 0.2) is 0 Å². The zero-order chi connectivity index (χ0) is 7.23. The first-order valence-electron chi connectivity index (χ1n) is 3.92. The summed E-state index contributed by atoms with van der Waals surface area (Å²) in [6.07, 6.45) is 1.26. The van der Waals surface area contributed by atoms with Crippen molar-refractivity contribution in [2.24, 2.45) is 0 Å². The minimum atomic E-state index is 0.764. The Labute approximate surface area is 67.5 Å². The standard InChI is InChI=1S/C7H15ClN2/c8-2-6-10-5-1-3-9-4-7-10/h9H,1-7H2. The maximum atomic E-state index is 5.63. The third kappa shape index (κ3) is 2.86. The molecule has 0 atom stereocenters. The van der Waals surface area contributed by atoms with E-state index in [9.17, 15) is 0 Å². The number of hydrogen-bond acceptors (Lipinski definition) is 2. The van der Waals surface area contributed by atoms with Gasteiger partial charge in [-0.1, -0.05) is 0 Å². The second kappa shape index (κ2) is 4.94. The van der Waals surface area contributed by atoms with Gasteiger partial charge in [-0.15, -0.1) is 11.6 Å². The second-order valence-electron chi connectivity index (χ2n) is 2.63. The number of nitrogens with zero attached hydrogens (tertiary/aromatic N) is 1. The fourth-order valence-electron chi connectivity index (χ4n) is 1.24. The molecule has 0 bridgehead atoms. The summed E-state index contributed by atoms with van der Waals surface area (Å²) < 4.78 is 0. The van der Waals surface area contributed by atoms with Gasteiger partial charge in [0.15, 0.2) is 0 Å². The molecule has 1 saturated heterocycles. The molecule has 0 unspecified atom stereocenters. The molecule has 1 aliphatic rings. The van der Waals surface area contributed by atoms with Crippen LogP contribution in [0.4, 0.5) is 0 Å². The largest absolute Gasteiger partial charge is 0.315 e. The third-order valence-corrected chi connectivity index (χ3v) is 2.00. The van der Waals surface area contributed by atoms with Crippen LogP contribution < -0.4 is 5.32 Å². The Bertz CT molecular complexity index is 79.7. The molecule has 0 spiro atoms. The lowest BCUT2D eigenvalue weighted by molar-refractivity contribution is 0.310. The van der Waals surface area contributed by atoms with Gasteiger partial charge in [-0.05, 0) is 19.5 Å². The average Bonchev–Trinajstić information content (AvgIpc) is 2.17. The summed E-state index contributed by atoms with van der Waals surface area (Å²) in [4.78, 5) is 2.41. The SMILES string of the molecule is ClCCN1CCCNCC1. The van der Waals surface area contributed by atoms with E-state index in [1.54, 1.807) is 0 Å². The van der Waals surface area contributed by atoms with Gasteiger partial charge in [-0.3, -0.25) is 0 Å². The molecule has 3 heteroatoms. The Morgan fingerprint density at radius 3 is 3.00 bits per heavy atom. The number of nitrogens with one attached hydrogen (secondary N) is 1. The molecule has 1 heterocycles. The van der Waals surface area contributed by atoms with Crippen molar-refractivity contribution in [2.75, 3.05) is 38.6 Å². The molecular formula is C7H15ClN2. The lowest BCUT2D eigenvalue weighted by atomic mass is 10.4. The molecule has 0 aliphatic carbocycles. The lowest BCUT2D eigenvalue weighted by Crippen LogP contribution is -2.29. The number of alkyl halides is 1. The first-order valence-corrected chi connectivity index (χ1v) is 4.46. The molecule has 1 aliphatic heterocycles. The normalized spacial score (nSPS) is 22.5. The van der Waals surface area contributed by atoms with Crippen LogP contribution in [0.5, 0.6) is 0 Å². The summed E-state index contributed by atoms with van der Waals surface area (Å²) in [5.41, 5.74) is 0. The van der Waals surface area contributed by atoms with Crippen molar-refractivity contribution in [3.8, 4) is 0 Å². The maximum absolute atomic E-state index is 5.63. The van der Waals surface area contributed by atoms with Crippen LogP contribution in [-0.2, 0) is 0 Å². The van der Waals surface area contributed by atoms with Crippen LogP contribution in [-0.4, -0.2) is 43.5 Å². The lowest BCUT2D eigenvalue weighted by Gasteiger charge is -2.16. The van der Waals surface area contributed by atoms with E-state index >= 15 is 0 Å². The number of halogens is 1. The van der Waals surface area contributed by atoms with Gasteiger partial charge in [0, 0.05) is 25.5 Å². The minimum absolute atomic E-state index is 0.764. The molecule has 0 aromatic heterocycles. The quantitative estimate of drug-likeness (QED) is 0.596. The highest BCUT2D eigenvalue weighted by molar-refractivity contribution is 6.18. The summed E-state index contributed by atoms with van der Waals surface area (Å²) >= 11 is 5.63. The molecule has 0 amide bonds. The monoisotopic (exact) mass is 162 g/mol. The molecule has 1 rings (SSSR count). The first kappa shape index (κ1) is 8.31. The van der Waals surface area contributed by atoms with E-state index < -0.39 is 0 Å². The van der Waals surface area contributed by atoms with E-state index in [0.29, 0.717) is 0 Å². The zero-order valence-corrected chi connectivity index (χ0v) is 7.03. The summed E-state index contributed by atoms with van der Waals surface area (Å²) in [5.74, 6) is 0.764. The Morgan fingerprint density at radius 1 is 1.30 bits per heavy atom. The van der Waals surface area contributed by atoms with Gasteiger partial charge in [0.2, 0.25) is 0 Å². The van der Waals surface area contributed by atoms with Gasteiger partial charge in [-0.2, -0.15) is 0 Å². The highest BCUT2D eigenvalue weighted by atomic mass is 35.5.